The number of aromatic nitrogens is 2. The van der Waals surface area contributed by atoms with E-state index in [2.05, 4.69) is 9.97 Å². The van der Waals surface area contributed by atoms with Gasteiger partial charge in [-0.3, -0.25) is 0 Å². The van der Waals surface area contributed by atoms with Crippen molar-refractivity contribution >= 4 is 39.1 Å². The second-order valence-electron chi connectivity index (χ2n) is 3.52. The molecule has 4 nitrogen and oxygen atoms in total. The molecule has 0 bridgehead atoms. The summed E-state index contributed by atoms with van der Waals surface area (Å²) in [7, 11) is 0. The van der Waals surface area contributed by atoms with Gasteiger partial charge in [-0.15, -0.1) is 11.3 Å². The summed E-state index contributed by atoms with van der Waals surface area (Å²) in [5.41, 5.74) is 5.83. The Morgan fingerprint density at radius 3 is 3.12 bits per heavy atom. The molecule has 2 aromatic rings. The van der Waals surface area contributed by atoms with Gasteiger partial charge in [0.25, 0.3) is 0 Å². The quantitative estimate of drug-likeness (QED) is 0.647. The van der Waals surface area contributed by atoms with Crippen molar-refractivity contribution in [2.75, 3.05) is 11.5 Å². The van der Waals surface area contributed by atoms with Crippen molar-refractivity contribution in [2.24, 2.45) is 0 Å². The summed E-state index contributed by atoms with van der Waals surface area (Å²) in [6.07, 6.45) is 0.450. The molecule has 0 spiro atoms. The lowest BCUT2D eigenvalue weighted by molar-refractivity contribution is 0.192. The first-order valence-electron chi connectivity index (χ1n) is 4.98. The molecule has 0 aromatic carbocycles. The Bertz CT molecular complexity index is 484. The van der Waals surface area contributed by atoms with Gasteiger partial charge in [0.05, 0.1) is 11.5 Å². The van der Waals surface area contributed by atoms with Crippen molar-refractivity contribution in [3.05, 3.63) is 11.4 Å². The average Bonchev–Trinajstić information content (AvgIpc) is 2.65. The SMILES string of the molecule is CC(O)CCSc1nc(N)c2ccsc2n1. The zero-order valence-electron chi connectivity index (χ0n) is 8.88. The Balaban J connectivity index is 2.12. The first-order valence-corrected chi connectivity index (χ1v) is 6.85. The average molecular weight is 255 g/mol. The van der Waals surface area contributed by atoms with Crippen LogP contribution in [0.15, 0.2) is 16.6 Å². The van der Waals surface area contributed by atoms with E-state index in [1.54, 1.807) is 18.3 Å². The fourth-order valence-corrected chi connectivity index (χ4v) is 3.03. The lowest BCUT2D eigenvalue weighted by Crippen LogP contribution is -2.01. The number of hydrogen-bond donors (Lipinski definition) is 2. The van der Waals surface area contributed by atoms with Crippen molar-refractivity contribution in [3.63, 3.8) is 0 Å². The molecule has 6 heteroatoms. The first-order chi connectivity index (χ1) is 7.66. The van der Waals surface area contributed by atoms with Crippen LogP contribution in [0, 0.1) is 0 Å². The van der Waals surface area contributed by atoms with Gasteiger partial charge in [-0.25, -0.2) is 9.97 Å². The number of nitrogen functional groups attached to an aromatic ring is 1. The molecule has 0 fully saturated rings. The van der Waals surface area contributed by atoms with Crippen molar-refractivity contribution < 1.29 is 5.11 Å². The molecule has 0 radical (unpaired) electrons. The van der Waals surface area contributed by atoms with Crippen LogP contribution in [0.5, 0.6) is 0 Å². The molecule has 1 unspecified atom stereocenters. The minimum atomic E-state index is -0.282. The molecule has 0 aliphatic carbocycles. The molecular weight excluding hydrogens is 242 g/mol. The Morgan fingerprint density at radius 2 is 2.38 bits per heavy atom. The van der Waals surface area contributed by atoms with Crippen LogP contribution in [0.2, 0.25) is 0 Å². The minimum absolute atomic E-state index is 0.282. The normalized spacial score (nSPS) is 13.1. The van der Waals surface area contributed by atoms with Crippen LogP contribution in [0.3, 0.4) is 0 Å². The number of aliphatic hydroxyl groups is 1. The topological polar surface area (TPSA) is 72.0 Å². The highest BCUT2D eigenvalue weighted by molar-refractivity contribution is 7.99. The number of hydrogen-bond acceptors (Lipinski definition) is 6. The number of rotatable bonds is 4. The summed E-state index contributed by atoms with van der Waals surface area (Å²) >= 11 is 3.09. The van der Waals surface area contributed by atoms with Crippen molar-refractivity contribution in [2.45, 2.75) is 24.6 Å². The highest BCUT2D eigenvalue weighted by atomic mass is 32.2. The molecule has 16 heavy (non-hydrogen) atoms. The molecule has 1 atom stereocenters. The lowest BCUT2D eigenvalue weighted by atomic mass is 10.3. The zero-order chi connectivity index (χ0) is 11.5. The van der Waals surface area contributed by atoms with E-state index in [4.69, 9.17) is 10.8 Å². The first kappa shape index (κ1) is 11.6. The summed E-state index contributed by atoms with van der Waals surface area (Å²) in [6, 6.07) is 1.93. The Labute approximate surface area is 102 Å². The van der Waals surface area contributed by atoms with Gasteiger partial charge < -0.3 is 10.8 Å². The number of fused-ring (bicyclic) bond motifs is 1. The minimum Gasteiger partial charge on any atom is -0.393 e. The van der Waals surface area contributed by atoms with E-state index in [9.17, 15) is 0 Å². The molecule has 0 amide bonds. The van der Waals surface area contributed by atoms with Crippen molar-refractivity contribution in [3.8, 4) is 0 Å². The fourth-order valence-electron chi connectivity index (χ4n) is 1.24. The molecule has 0 saturated heterocycles. The van der Waals surface area contributed by atoms with Crippen LogP contribution >= 0.6 is 23.1 Å². The Morgan fingerprint density at radius 1 is 1.56 bits per heavy atom. The number of anilines is 1. The van der Waals surface area contributed by atoms with Crippen molar-refractivity contribution in [1.82, 2.24) is 9.97 Å². The van der Waals surface area contributed by atoms with Crippen LogP contribution in [0.25, 0.3) is 10.2 Å². The van der Waals surface area contributed by atoms with Gasteiger partial charge in [0.1, 0.15) is 10.6 Å². The fraction of sp³-hybridized carbons (Fsp3) is 0.400. The third kappa shape index (κ3) is 2.63. The second kappa shape index (κ2) is 4.99. The second-order valence-corrected chi connectivity index (χ2v) is 5.47. The number of nitrogens with two attached hydrogens (primary N) is 1. The summed E-state index contributed by atoms with van der Waals surface area (Å²) in [5.74, 6) is 1.33. The van der Waals surface area contributed by atoms with Gasteiger partial charge in [-0.2, -0.15) is 0 Å². The maximum absolute atomic E-state index is 9.15. The third-order valence-corrected chi connectivity index (χ3v) is 3.79. The van der Waals surface area contributed by atoms with E-state index in [0.717, 1.165) is 22.4 Å². The summed E-state index contributed by atoms with van der Waals surface area (Å²) in [4.78, 5) is 9.55. The van der Waals surface area contributed by atoms with E-state index in [-0.39, 0.29) is 6.10 Å². The predicted molar refractivity (Wildman–Crippen MR) is 68.8 cm³/mol. The van der Waals surface area contributed by atoms with E-state index < -0.39 is 0 Å². The third-order valence-electron chi connectivity index (χ3n) is 2.10. The van der Waals surface area contributed by atoms with Crippen LogP contribution in [-0.4, -0.2) is 26.9 Å². The van der Waals surface area contributed by atoms with E-state index in [0.29, 0.717) is 11.0 Å². The molecule has 86 valence electrons. The Kier molecular flexibility index (Phi) is 3.63. The molecular formula is C10H13N3OS2. The summed E-state index contributed by atoms with van der Waals surface area (Å²) < 4.78 is 0. The van der Waals surface area contributed by atoms with Crippen LogP contribution in [0.4, 0.5) is 5.82 Å². The largest absolute Gasteiger partial charge is 0.393 e. The summed E-state index contributed by atoms with van der Waals surface area (Å²) in [5, 5.41) is 12.7. The molecule has 0 aliphatic rings. The molecule has 2 aromatic heterocycles. The van der Waals surface area contributed by atoms with E-state index in [1.807, 2.05) is 11.4 Å². The maximum atomic E-state index is 9.15. The molecule has 2 heterocycles. The van der Waals surface area contributed by atoms with Gasteiger partial charge in [-0.05, 0) is 24.8 Å². The summed E-state index contributed by atoms with van der Waals surface area (Å²) in [6.45, 7) is 1.78. The number of thioether (sulfide) groups is 1. The van der Waals surface area contributed by atoms with Crippen molar-refractivity contribution in [1.29, 1.82) is 0 Å². The highest BCUT2D eigenvalue weighted by Crippen LogP contribution is 2.26. The number of thiophene rings is 1. The van der Waals surface area contributed by atoms with Crippen LogP contribution in [-0.2, 0) is 0 Å². The number of nitrogens with zero attached hydrogens (tertiary/aromatic N) is 2. The van der Waals surface area contributed by atoms with E-state index >= 15 is 0 Å². The molecule has 0 aliphatic heterocycles. The molecule has 2 rings (SSSR count). The molecule has 3 N–H and O–H groups in total. The maximum Gasteiger partial charge on any atom is 0.190 e. The predicted octanol–water partition coefficient (Wildman–Crippen LogP) is 2.14. The highest BCUT2D eigenvalue weighted by Gasteiger charge is 2.07. The van der Waals surface area contributed by atoms with Gasteiger partial charge in [0.2, 0.25) is 0 Å². The monoisotopic (exact) mass is 255 g/mol. The van der Waals surface area contributed by atoms with E-state index in [1.165, 1.54) is 11.8 Å². The standard InChI is InChI=1S/C10H13N3OS2/c1-6(14)2-4-16-10-12-8(11)7-3-5-15-9(7)13-10/h3,5-6,14H,2,4H2,1H3,(H2,11,12,13). The van der Waals surface area contributed by atoms with Crippen LogP contribution < -0.4 is 5.73 Å². The van der Waals surface area contributed by atoms with Gasteiger partial charge >= 0.3 is 0 Å². The number of aliphatic hydroxyl groups excluding tert-OH is 1. The van der Waals surface area contributed by atoms with Gasteiger partial charge in [0.15, 0.2) is 5.16 Å². The van der Waals surface area contributed by atoms with Gasteiger partial charge in [-0.1, -0.05) is 11.8 Å². The zero-order valence-corrected chi connectivity index (χ0v) is 10.5. The Hall–Kier alpha value is -0.850. The lowest BCUT2D eigenvalue weighted by Gasteiger charge is -2.03. The smallest absolute Gasteiger partial charge is 0.190 e. The molecule has 0 saturated carbocycles. The van der Waals surface area contributed by atoms with Gasteiger partial charge in [0, 0.05) is 5.75 Å². The van der Waals surface area contributed by atoms with Crippen LogP contribution in [0.1, 0.15) is 13.3 Å².